The third-order valence-corrected chi connectivity index (χ3v) is 2.52. The number of rotatable bonds is 4. The predicted molar refractivity (Wildman–Crippen MR) is 68.3 cm³/mol. The summed E-state index contributed by atoms with van der Waals surface area (Å²) >= 11 is 0. The maximum atomic E-state index is 13.4. The van der Waals surface area contributed by atoms with Gasteiger partial charge in [0, 0.05) is 7.11 Å². The van der Waals surface area contributed by atoms with E-state index in [9.17, 15) is 4.39 Å². The topological polar surface area (TPSA) is 42.2 Å². The molecule has 0 saturated heterocycles. The highest BCUT2D eigenvalue weighted by molar-refractivity contribution is 5.46. The van der Waals surface area contributed by atoms with Crippen LogP contribution in [0.1, 0.15) is 11.1 Å². The SMILES string of the molecule is COCc1cccc(Oc2cccc(F)c2C#N)c1. The summed E-state index contributed by atoms with van der Waals surface area (Å²) in [6, 6.07) is 13.3. The normalized spacial score (nSPS) is 9.95. The smallest absolute Gasteiger partial charge is 0.148 e. The lowest BCUT2D eigenvalue weighted by atomic mass is 10.2. The molecule has 2 rings (SSSR count). The molecule has 4 heteroatoms. The summed E-state index contributed by atoms with van der Waals surface area (Å²) in [5, 5.41) is 8.93. The van der Waals surface area contributed by atoms with Crippen molar-refractivity contribution in [2.24, 2.45) is 0 Å². The molecule has 96 valence electrons. The molecule has 0 aliphatic heterocycles. The van der Waals surface area contributed by atoms with Gasteiger partial charge in [-0.3, -0.25) is 0 Å². The van der Waals surface area contributed by atoms with Gasteiger partial charge in [0.25, 0.3) is 0 Å². The molecule has 3 nitrogen and oxygen atoms in total. The van der Waals surface area contributed by atoms with Gasteiger partial charge < -0.3 is 9.47 Å². The second-order valence-corrected chi connectivity index (χ2v) is 3.91. The van der Waals surface area contributed by atoms with Gasteiger partial charge in [-0.25, -0.2) is 4.39 Å². The monoisotopic (exact) mass is 257 g/mol. The molecule has 0 aliphatic carbocycles. The summed E-state index contributed by atoms with van der Waals surface area (Å²) in [5.41, 5.74) is 0.842. The van der Waals surface area contributed by atoms with Crippen LogP contribution in [0, 0.1) is 17.1 Å². The van der Waals surface area contributed by atoms with E-state index in [2.05, 4.69) is 0 Å². The first kappa shape index (κ1) is 13.1. The Hall–Kier alpha value is -2.38. The van der Waals surface area contributed by atoms with Crippen LogP contribution in [-0.4, -0.2) is 7.11 Å². The van der Waals surface area contributed by atoms with Crippen LogP contribution in [0.25, 0.3) is 0 Å². The molecule has 2 aromatic carbocycles. The minimum absolute atomic E-state index is 0.0976. The quantitative estimate of drug-likeness (QED) is 0.839. The van der Waals surface area contributed by atoms with E-state index in [1.54, 1.807) is 31.4 Å². The molecule has 0 spiro atoms. The van der Waals surface area contributed by atoms with Gasteiger partial charge in [0.15, 0.2) is 0 Å². The maximum Gasteiger partial charge on any atom is 0.148 e. The number of benzene rings is 2. The first-order chi connectivity index (χ1) is 9.24. The van der Waals surface area contributed by atoms with E-state index in [-0.39, 0.29) is 11.3 Å². The molecule has 0 heterocycles. The zero-order valence-corrected chi connectivity index (χ0v) is 10.4. The van der Waals surface area contributed by atoms with E-state index in [1.807, 2.05) is 12.1 Å². The van der Waals surface area contributed by atoms with Crippen molar-refractivity contribution >= 4 is 0 Å². The van der Waals surface area contributed by atoms with Crippen molar-refractivity contribution in [3.63, 3.8) is 0 Å². The Morgan fingerprint density at radius 3 is 2.74 bits per heavy atom. The Balaban J connectivity index is 2.29. The highest BCUT2D eigenvalue weighted by Crippen LogP contribution is 2.27. The molecular formula is C15H12FNO2. The van der Waals surface area contributed by atoms with Crippen molar-refractivity contribution in [1.29, 1.82) is 5.26 Å². The average Bonchev–Trinajstić information content (AvgIpc) is 2.40. The van der Waals surface area contributed by atoms with E-state index in [4.69, 9.17) is 14.7 Å². The van der Waals surface area contributed by atoms with Crippen LogP contribution < -0.4 is 4.74 Å². The Kier molecular flexibility index (Phi) is 4.11. The lowest BCUT2D eigenvalue weighted by Crippen LogP contribution is -1.93. The minimum atomic E-state index is -0.590. The molecule has 0 saturated carbocycles. The molecule has 0 fully saturated rings. The van der Waals surface area contributed by atoms with Crippen molar-refractivity contribution in [2.75, 3.05) is 7.11 Å². The van der Waals surface area contributed by atoms with Gasteiger partial charge in [0.2, 0.25) is 0 Å². The number of halogens is 1. The van der Waals surface area contributed by atoms with Crippen molar-refractivity contribution < 1.29 is 13.9 Å². The summed E-state index contributed by atoms with van der Waals surface area (Å²) in [6.45, 7) is 0.464. The van der Waals surface area contributed by atoms with E-state index < -0.39 is 5.82 Å². The molecule has 19 heavy (non-hydrogen) atoms. The van der Waals surface area contributed by atoms with E-state index >= 15 is 0 Å². The fourth-order valence-corrected chi connectivity index (χ4v) is 1.69. The molecule has 0 amide bonds. The van der Waals surface area contributed by atoms with Crippen LogP contribution in [0.5, 0.6) is 11.5 Å². The Morgan fingerprint density at radius 1 is 1.21 bits per heavy atom. The number of methoxy groups -OCH3 is 1. The second-order valence-electron chi connectivity index (χ2n) is 3.91. The van der Waals surface area contributed by atoms with Crippen LogP contribution in [0.4, 0.5) is 4.39 Å². The van der Waals surface area contributed by atoms with Gasteiger partial charge in [0.1, 0.15) is 28.9 Å². The van der Waals surface area contributed by atoms with Crippen molar-refractivity contribution in [1.82, 2.24) is 0 Å². The molecule has 0 atom stereocenters. The first-order valence-electron chi connectivity index (χ1n) is 5.69. The van der Waals surface area contributed by atoms with Gasteiger partial charge in [-0.15, -0.1) is 0 Å². The molecule has 0 unspecified atom stereocenters. The lowest BCUT2D eigenvalue weighted by molar-refractivity contribution is 0.184. The summed E-state index contributed by atoms with van der Waals surface area (Å²) in [4.78, 5) is 0. The molecule has 0 aliphatic rings. The fraction of sp³-hybridized carbons (Fsp3) is 0.133. The molecule has 0 aromatic heterocycles. The van der Waals surface area contributed by atoms with Gasteiger partial charge in [0.05, 0.1) is 6.61 Å². The van der Waals surface area contributed by atoms with Gasteiger partial charge in [-0.1, -0.05) is 18.2 Å². The summed E-state index contributed by atoms with van der Waals surface area (Å²) in [5.74, 6) is 0.154. The van der Waals surface area contributed by atoms with E-state index in [0.29, 0.717) is 12.4 Å². The fourth-order valence-electron chi connectivity index (χ4n) is 1.69. The summed E-state index contributed by atoms with van der Waals surface area (Å²) in [6.07, 6.45) is 0. The van der Waals surface area contributed by atoms with Gasteiger partial charge in [-0.2, -0.15) is 5.26 Å². The standard InChI is InChI=1S/C15H12FNO2/c1-18-10-11-4-2-5-12(8-11)19-15-7-3-6-14(16)13(15)9-17/h2-8H,10H2,1H3. The van der Waals surface area contributed by atoms with Crippen LogP contribution in [0.15, 0.2) is 42.5 Å². The molecule has 0 N–H and O–H groups in total. The second kappa shape index (κ2) is 5.98. The molecule has 0 radical (unpaired) electrons. The highest BCUT2D eigenvalue weighted by Gasteiger charge is 2.09. The maximum absolute atomic E-state index is 13.4. The first-order valence-corrected chi connectivity index (χ1v) is 5.69. The Bertz CT molecular complexity index is 620. The molecule has 0 bridgehead atoms. The van der Waals surface area contributed by atoms with Crippen molar-refractivity contribution in [3.8, 4) is 17.6 Å². The van der Waals surface area contributed by atoms with E-state index in [0.717, 1.165) is 5.56 Å². The highest BCUT2D eigenvalue weighted by atomic mass is 19.1. The van der Waals surface area contributed by atoms with Crippen LogP contribution in [-0.2, 0) is 11.3 Å². The number of hydrogen-bond donors (Lipinski definition) is 0. The van der Waals surface area contributed by atoms with Crippen LogP contribution in [0.3, 0.4) is 0 Å². The number of ether oxygens (including phenoxy) is 2. The summed E-state index contributed by atoms with van der Waals surface area (Å²) in [7, 11) is 1.61. The zero-order chi connectivity index (χ0) is 13.7. The third-order valence-electron chi connectivity index (χ3n) is 2.52. The average molecular weight is 257 g/mol. The molecule has 2 aromatic rings. The lowest BCUT2D eigenvalue weighted by Gasteiger charge is -2.09. The van der Waals surface area contributed by atoms with Gasteiger partial charge in [-0.05, 0) is 29.8 Å². The van der Waals surface area contributed by atoms with Crippen molar-refractivity contribution in [2.45, 2.75) is 6.61 Å². The third kappa shape index (κ3) is 3.09. The van der Waals surface area contributed by atoms with Crippen LogP contribution in [0.2, 0.25) is 0 Å². The Labute approximate surface area is 110 Å². The van der Waals surface area contributed by atoms with E-state index in [1.165, 1.54) is 12.1 Å². The number of nitriles is 1. The Morgan fingerprint density at radius 2 is 2.00 bits per heavy atom. The van der Waals surface area contributed by atoms with Gasteiger partial charge >= 0.3 is 0 Å². The number of nitrogens with zero attached hydrogens (tertiary/aromatic N) is 1. The summed E-state index contributed by atoms with van der Waals surface area (Å²) < 4.78 is 24.0. The zero-order valence-electron chi connectivity index (χ0n) is 10.4. The molecular weight excluding hydrogens is 245 g/mol. The largest absolute Gasteiger partial charge is 0.456 e. The van der Waals surface area contributed by atoms with Crippen LogP contribution >= 0.6 is 0 Å². The minimum Gasteiger partial charge on any atom is -0.456 e. The number of hydrogen-bond acceptors (Lipinski definition) is 3. The van der Waals surface area contributed by atoms with Crippen molar-refractivity contribution in [3.05, 3.63) is 59.4 Å². The predicted octanol–water partition coefficient (Wildman–Crippen LogP) is 3.64.